The molecule has 0 bridgehead atoms. The molecular weight excluding hydrogens is 1590 g/mol. The van der Waals surface area contributed by atoms with Gasteiger partial charge in [-0.3, -0.25) is 91.8 Å². The Bertz CT molecular complexity index is 4510. The van der Waals surface area contributed by atoms with E-state index >= 15 is 24.0 Å². The summed E-state index contributed by atoms with van der Waals surface area (Å²) < 4.78 is 0. The normalized spacial score (nSPS) is 20.7. The molecule has 23 N–H and O–H groups in total. The van der Waals surface area contributed by atoms with Gasteiger partial charge in [-0.2, -0.15) is 0 Å². The maximum Gasteiger partial charge on any atom is 0.317 e. The molecule has 3 saturated heterocycles. The number of unbranched alkanes of at least 4 members (excludes halogenated alkanes) is 1. The number of guanidine groups is 1. The number of fused-ring (bicyclic) bond motifs is 1. The highest BCUT2D eigenvalue weighted by Gasteiger charge is 2.46. The maximum absolute atomic E-state index is 15.6. The molecule has 2 aromatic carbocycles. The Labute approximate surface area is 700 Å². The molecule has 12 unspecified atom stereocenters. The summed E-state index contributed by atoms with van der Waals surface area (Å²) in [6.07, 6.45) is 4.20. The third-order valence-electron chi connectivity index (χ3n) is 21.0. The minimum absolute atomic E-state index is 0.0154. The molecule has 3 fully saturated rings. The van der Waals surface area contributed by atoms with Crippen LogP contribution in [0.3, 0.4) is 0 Å². The molecule has 6 heterocycles. The SMILES string of the molecule is CC(=O)NC1CCC(=O)NCCCC(C(=O)N2CCCC2C(=O)N2CCCC2C(=O)NC(Cc2cnc[nH]2)C(=O)NC(CC(=O)O)C(=O)NC(CCCCN(CC(=O)O)CC(=O)O)C(=O)NC(C(N)=O)C(C)C)NC(=O)C(Cc2c[nH]c3ccccc23)NC(=O)C(CCCNC(=N)N)NC(=O)C(Cc2ccccc2)NC(=O)C(Cc2cnc[nH]2)NC1=O. The van der Waals surface area contributed by atoms with Crippen molar-refractivity contribution in [3.05, 3.63) is 108 Å². The summed E-state index contributed by atoms with van der Waals surface area (Å²) in [5, 5.41) is 69.1. The number of aromatic amines is 3. The molecule has 3 aromatic heterocycles. The number of nitrogens with two attached hydrogens (primary N) is 2. The monoisotopic (exact) mass is 1700 g/mol. The van der Waals surface area contributed by atoms with Crippen LogP contribution in [0, 0.1) is 11.3 Å². The highest BCUT2D eigenvalue weighted by Crippen LogP contribution is 2.28. The van der Waals surface area contributed by atoms with E-state index in [1.54, 1.807) is 74.6 Å². The number of carbonyl (C=O) groups excluding carboxylic acids is 14. The van der Waals surface area contributed by atoms with Crippen molar-refractivity contribution in [2.45, 2.75) is 209 Å². The average molecular weight is 1700 g/mol. The Kier molecular flexibility index (Phi) is 35.7. The smallest absolute Gasteiger partial charge is 0.317 e. The van der Waals surface area contributed by atoms with Gasteiger partial charge in [-0.1, -0.05) is 62.4 Å². The van der Waals surface area contributed by atoms with Gasteiger partial charge in [0.2, 0.25) is 82.7 Å². The van der Waals surface area contributed by atoms with E-state index in [1.165, 1.54) is 34.8 Å². The predicted octanol–water partition coefficient (Wildman–Crippen LogP) is -4.05. The number of nitrogens with zero attached hydrogens (tertiary/aromatic N) is 5. The van der Waals surface area contributed by atoms with Crippen LogP contribution in [0.25, 0.3) is 10.9 Å². The van der Waals surface area contributed by atoms with Crippen LogP contribution in [0.2, 0.25) is 0 Å². The molecule has 0 saturated carbocycles. The quantitative estimate of drug-likeness (QED) is 0.0103. The molecule has 0 aliphatic carbocycles. The fraction of sp³-hybridized carbons (Fsp3) is 0.519. The van der Waals surface area contributed by atoms with Crippen LogP contribution in [-0.4, -0.2) is 280 Å². The van der Waals surface area contributed by atoms with Gasteiger partial charge in [-0.25, -0.2) is 9.97 Å². The number of para-hydroxylation sites is 1. The summed E-state index contributed by atoms with van der Waals surface area (Å²) in [5.74, 6) is -17.6. The van der Waals surface area contributed by atoms with Crippen molar-refractivity contribution in [3.8, 4) is 0 Å². The number of benzene rings is 2. The number of carboxylic acid groups (broad SMARTS) is 3. The van der Waals surface area contributed by atoms with E-state index in [4.69, 9.17) is 16.9 Å². The van der Waals surface area contributed by atoms with E-state index in [2.05, 4.69) is 88.7 Å². The number of rotatable bonds is 36. The highest BCUT2D eigenvalue weighted by atomic mass is 16.4. The average Bonchev–Trinajstić information content (AvgIpc) is 1.63. The van der Waals surface area contributed by atoms with Crippen LogP contribution in [0.5, 0.6) is 0 Å². The molecule has 122 heavy (non-hydrogen) atoms. The fourth-order valence-corrected chi connectivity index (χ4v) is 14.8. The lowest BCUT2D eigenvalue weighted by molar-refractivity contribution is -0.148. The van der Waals surface area contributed by atoms with E-state index in [0.29, 0.717) is 27.7 Å². The largest absolute Gasteiger partial charge is 0.481 e. The second-order valence-corrected chi connectivity index (χ2v) is 30.7. The van der Waals surface area contributed by atoms with Crippen molar-refractivity contribution >= 4 is 117 Å². The standard InChI is InChI=1S/C79H109N23O20/c1-43(2)66(67(80)111)99-70(114)51(19-9-10-28-100(39-64(107)108)40-65(109)110)91-75(119)59(35-63(105)106)97-74(118)58(34-48-38-84-42-89-48)98-76(120)60-22-13-29-101(60)78(122)61-23-14-30-102(61)77(121)54-21-12-26-85-62(104)25-24-53(90-44(3)103)69(113)96-57(33-47-37-83-41-88-47)73(117)94-55(31-45-15-5-4-6-16-45)71(115)92-52(20-11-27-86-79(81)82)68(112)95-56(72(116)93-54)32-46-36-87-50-18-8-7-17-49(46)50/h4-8,15-18,36-38,41-43,51-61,66,87H,9-14,19-35,39-40H2,1-3H3,(H2,80,111)(H,83,88)(H,84,89)(H,85,104)(H,90,103)(H,91,119)(H,92,115)(H,93,116)(H,94,117)(H,95,112)(H,96,113)(H,97,118)(H,98,120)(H,99,114)(H,105,106)(H,107,108)(H,109,110)(H4,81,82,86). The lowest BCUT2D eigenvalue weighted by Crippen LogP contribution is -2.61. The first-order valence-corrected chi connectivity index (χ1v) is 40.4. The van der Waals surface area contributed by atoms with Gasteiger partial charge in [0.25, 0.3) is 0 Å². The van der Waals surface area contributed by atoms with Crippen molar-refractivity contribution in [2.75, 3.05) is 45.8 Å². The summed E-state index contributed by atoms with van der Waals surface area (Å²) in [6.45, 7) is 2.69. The first-order chi connectivity index (χ1) is 58.2. The Morgan fingerprint density at radius 1 is 0.598 bits per heavy atom. The second kappa shape index (κ2) is 46.3. The van der Waals surface area contributed by atoms with Gasteiger partial charge in [0, 0.05) is 106 Å². The molecule has 14 amide bonds. The topological polar surface area (TPSA) is 654 Å². The van der Waals surface area contributed by atoms with Crippen LogP contribution in [-0.2, 0) is 107 Å². The zero-order valence-electron chi connectivity index (χ0n) is 67.9. The Morgan fingerprint density at radius 3 is 1.81 bits per heavy atom. The third-order valence-corrected chi connectivity index (χ3v) is 21.0. The van der Waals surface area contributed by atoms with E-state index in [-0.39, 0.29) is 148 Å². The number of amides is 14. The summed E-state index contributed by atoms with van der Waals surface area (Å²) in [4.78, 5) is 259. The highest BCUT2D eigenvalue weighted by molar-refractivity contribution is 6.01. The molecule has 12 atom stereocenters. The van der Waals surface area contributed by atoms with E-state index in [0.717, 1.165) is 11.8 Å². The van der Waals surface area contributed by atoms with E-state index in [1.807, 2.05) is 0 Å². The van der Waals surface area contributed by atoms with Gasteiger partial charge in [0.15, 0.2) is 5.96 Å². The maximum atomic E-state index is 15.6. The minimum atomic E-state index is -1.98. The van der Waals surface area contributed by atoms with Crippen molar-refractivity contribution in [1.29, 1.82) is 5.41 Å². The van der Waals surface area contributed by atoms with Gasteiger partial charge in [-0.05, 0) is 107 Å². The number of carbonyl (C=O) groups is 17. The summed E-state index contributed by atoms with van der Waals surface area (Å²) in [5.41, 5.74) is 13.6. The van der Waals surface area contributed by atoms with Crippen molar-refractivity contribution < 1.29 is 96.8 Å². The number of imidazole rings is 2. The first-order valence-electron chi connectivity index (χ1n) is 40.4. The zero-order valence-corrected chi connectivity index (χ0v) is 67.9. The number of carboxylic acids is 3. The molecule has 5 aromatic rings. The van der Waals surface area contributed by atoms with Crippen LogP contribution in [0.4, 0.5) is 0 Å². The van der Waals surface area contributed by atoms with Crippen LogP contribution in [0.15, 0.2) is 85.8 Å². The summed E-state index contributed by atoms with van der Waals surface area (Å²) >= 11 is 0. The molecule has 0 spiro atoms. The van der Waals surface area contributed by atoms with Crippen molar-refractivity contribution in [2.24, 2.45) is 17.4 Å². The summed E-state index contributed by atoms with van der Waals surface area (Å²) in [7, 11) is 0. The third kappa shape index (κ3) is 29.0. The minimum Gasteiger partial charge on any atom is -0.481 e. The molecule has 8 rings (SSSR count). The number of hydrogen-bond acceptors (Lipinski definition) is 21. The van der Waals surface area contributed by atoms with Crippen LogP contribution < -0.4 is 75.3 Å². The summed E-state index contributed by atoms with van der Waals surface area (Å²) in [6, 6.07) is -2.43. The number of aliphatic carboxylic acids is 3. The Hall–Kier alpha value is -13.4. The number of aromatic nitrogens is 5. The predicted molar refractivity (Wildman–Crippen MR) is 434 cm³/mol. The first kappa shape index (κ1) is 94.1. The number of H-pyrrole nitrogens is 3. The zero-order chi connectivity index (χ0) is 88.7. The molecule has 3 aliphatic heterocycles. The second-order valence-electron chi connectivity index (χ2n) is 30.7. The molecule has 43 heteroatoms. The number of primary amides is 1. The van der Waals surface area contributed by atoms with Crippen molar-refractivity contribution in [1.82, 2.24) is 103 Å². The lowest BCUT2D eigenvalue weighted by atomic mass is 10.0. The van der Waals surface area contributed by atoms with Crippen LogP contribution >= 0.6 is 0 Å². The van der Waals surface area contributed by atoms with E-state index in [9.17, 15) is 72.9 Å². The molecule has 0 radical (unpaired) electrons. The van der Waals surface area contributed by atoms with Gasteiger partial charge >= 0.3 is 17.9 Å². The number of hydrogen-bond donors (Lipinski definition) is 21. The molecular formula is C79H109N23O20. The molecule has 660 valence electrons. The number of likely N-dealkylation sites (tertiary alicyclic amines) is 2. The van der Waals surface area contributed by atoms with E-state index < -0.39 is 204 Å². The van der Waals surface area contributed by atoms with Crippen molar-refractivity contribution in [3.63, 3.8) is 0 Å². The van der Waals surface area contributed by atoms with Gasteiger partial charge < -0.3 is 115 Å². The van der Waals surface area contributed by atoms with Gasteiger partial charge in [-0.15, -0.1) is 0 Å². The molecule has 3 aliphatic rings. The lowest BCUT2D eigenvalue weighted by Gasteiger charge is -2.34. The Balaban J connectivity index is 1.07. The number of nitrogens with one attached hydrogen (secondary N) is 16. The van der Waals surface area contributed by atoms with Crippen LogP contribution in [0.1, 0.15) is 133 Å². The Morgan fingerprint density at radius 2 is 1.18 bits per heavy atom. The van der Waals surface area contributed by atoms with Gasteiger partial charge in [0.1, 0.15) is 72.5 Å². The molecule has 43 nitrogen and oxygen atoms in total. The van der Waals surface area contributed by atoms with Gasteiger partial charge in [0.05, 0.1) is 32.2 Å². The fourth-order valence-electron chi connectivity index (χ4n) is 14.8.